The van der Waals surface area contributed by atoms with Gasteiger partial charge in [-0.2, -0.15) is 0 Å². The van der Waals surface area contributed by atoms with Gasteiger partial charge in [0.15, 0.2) is 5.76 Å². The summed E-state index contributed by atoms with van der Waals surface area (Å²) in [5.74, 6) is 0.293. The predicted molar refractivity (Wildman–Crippen MR) is 82.3 cm³/mol. The van der Waals surface area contributed by atoms with Gasteiger partial charge < -0.3 is 10.3 Å². The van der Waals surface area contributed by atoms with Crippen molar-refractivity contribution in [3.8, 4) is 11.3 Å². The number of hydrogen-bond donors (Lipinski definition) is 1. The van der Waals surface area contributed by atoms with Crippen molar-refractivity contribution in [1.29, 1.82) is 0 Å². The molecule has 0 saturated heterocycles. The van der Waals surface area contributed by atoms with Crippen LogP contribution >= 0.6 is 0 Å². The molecule has 2 aromatic carbocycles. The molecule has 0 fully saturated rings. The number of fused-ring (bicyclic) bond motifs is 1. The molecule has 0 atom stereocenters. The number of benzene rings is 2. The number of carbonyl (C=O) groups is 1. The van der Waals surface area contributed by atoms with E-state index in [1.54, 1.807) is 13.0 Å². The van der Waals surface area contributed by atoms with Gasteiger partial charge in [-0.15, -0.1) is 0 Å². The van der Waals surface area contributed by atoms with Crippen molar-refractivity contribution in [2.45, 2.75) is 6.92 Å². The molecule has 0 aliphatic rings. The highest BCUT2D eigenvalue weighted by Gasteiger charge is 2.10. The number of nitrogens with zero attached hydrogens (tertiary/aromatic N) is 1. The van der Waals surface area contributed by atoms with Gasteiger partial charge in [0.1, 0.15) is 5.52 Å². The van der Waals surface area contributed by atoms with Crippen molar-refractivity contribution in [1.82, 2.24) is 5.16 Å². The molecule has 3 rings (SSSR count). The summed E-state index contributed by atoms with van der Waals surface area (Å²) in [4.78, 5) is 11.1. The fourth-order valence-corrected chi connectivity index (χ4v) is 2.17. The molecule has 3 aromatic rings. The lowest BCUT2D eigenvalue weighted by Crippen LogP contribution is -2.11. The molecule has 1 aromatic heterocycles. The third-order valence-electron chi connectivity index (χ3n) is 3.31. The summed E-state index contributed by atoms with van der Waals surface area (Å²) in [5, 5.41) is 4.97. The van der Waals surface area contributed by atoms with Crippen LogP contribution in [0.15, 0.2) is 58.6 Å². The van der Waals surface area contributed by atoms with Crippen LogP contribution in [0, 0.1) is 0 Å². The van der Waals surface area contributed by atoms with Gasteiger partial charge in [-0.3, -0.25) is 4.79 Å². The van der Waals surface area contributed by atoms with Crippen molar-refractivity contribution >= 4 is 22.9 Å². The van der Waals surface area contributed by atoms with Crippen molar-refractivity contribution in [2.24, 2.45) is 5.73 Å². The third-order valence-corrected chi connectivity index (χ3v) is 3.31. The first-order valence-electron chi connectivity index (χ1n) is 6.58. The molecule has 0 aliphatic heterocycles. The molecule has 0 bridgehead atoms. The van der Waals surface area contributed by atoms with Gasteiger partial charge >= 0.3 is 0 Å². The molecule has 0 spiro atoms. The van der Waals surface area contributed by atoms with E-state index in [0.717, 1.165) is 27.8 Å². The lowest BCUT2D eigenvalue weighted by atomic mass is 10.0. The molecule has 1 heterocycles. The normalized spacial score (nSPS) is 11.8. The van der Waals surface area contributed by atoms with Gasteiger partial charge in [0.25, 0.3) is 0 Å². The maximum absolute atomic E-state index is 11.1. The Balaban J connectivity index is 2.13. The van der Waals surface area contributed by atoms with Crippen LogP contribution in [0.3, 0.4) is 0 Å². The van der Waals surface area contributed by atoms with Gasteiger partial charge in [0.2, 0.25) is 5.91 Å². The Morgan fingerprint density at radius 2 is 1.95 bits per heavy atom. The number of primary amides is 1. The van der Waals surface area contributed by atoms with Gasteiger partial charge in [-0.1, -0.05) is 41.6 Å². The van der Waals surface area contributed by atoms with Gasteiger partial charge in [-0.25, -0.2) is 0 Å². The Hall–Kier alpha value is -2.88. The number of carbonyl (C=O) groups excluding carboxylic acids is 1. The molecule has 2 N–H and O–H groups in total. The summed E-state index contributed by atoms with van der Waals surface area (Å²) in [5.41, 5.74) is 8.40. The monoisotopic (exact) mass is 278 g/mol. The number of hydrogen-bond acceptors (Lipinski definition) is 3. The Labute approximate surface area is 121 Å². The molecule has 104 valence electrons. The van der Waals surface area contributed by atoms with Crippen LogP contribution < -0.4 is 5.73 Å². The molecule has 21 heavy (non-hydrogen) atoms. The van der Waals surface area contributed by atoms with E-state index >= 15 is 0 Å². The highest BCUT2D eigenvalue weighted by Crippen LogP contribution is 2.29. The van der Waals surface area contributed by atoms with E-state index in [1.807, 2.05) is 48.5 Å². The maximum atomic E-state index is 11.1. The quantitative estimate of drug-likeness (QED) is 0.747. The molecule has 0 radical (unpaired) electrons. The Morgan fingerprint density at radius 3 is 2.67 bits per heavy atom. The van der Waals surface area contributed by atoms with Crippen molar-refractivity contribution in [2.75, 3.05) is 0 Å². The van der Waals surface area contributed by atoms with Crippen molar-refractivity contribution in [3.05, 3.63) is 59.7 Å². The summed E-state index contributed by atoms with van der Waals surface area (Å²) in [7, 11) is 0. The summed E-state index contributed by atoms with van der Waals surface area (Å²) in [6, 6.07) is 15.5. The molecular weight excluding hydrogens is 264 g/mol. The summed E-state index contributed by atoms with van der Waals surface area (Å²) in [6.45, 7) is 1.69. The third kappa shape index (κ3) is 2.56. The molecule has 1 amide bonds. The van der Waals surface area contributed by atoms with Crippen LogP contribution in [-0.2, 0) is 4.79 Å². The zero-order valence-electron chi connectivity index (χ0n) is 11.5. The highest BCUT2D eigenvalue weighted by molar-refractivity contribution is 5.97. The maximum Gasteiger partial charge on any atom is 0.244 e. The first-order valence-corrected chi connectivity index (χ1v) is 6.58. The second-order valence-electron chi connectivity index (χ2n) is 4.85. The van der Waals surface area contributed by atoms with E-state index in [1.165, 1.54) is 0 Å². The van der Waals surface area contributed by atoms with Crippen molar-refractivity contribution in [3.63, 3.8) is 0 Å². The van der Waals surface area contributed by atoms with Gasteiger partial charge in [-0.05, 0) is 30.7 Å². The molecule has 0 aliphatic carbocycles. The highest BCUT2D eigenvalue weighted by atomic mass is 16.5. The zero-order chi connectivity index (χ0) is 14.8. The topological polar surface area (TPSA) is 69.1 Å². The fraction of sp³-hybridized carbons (Fsp3) is 0.0588. The first-order chi connectivity index (χ1) is 10.1. The summed E-state index contributed by atoms with van der Waals surface area (Å²) >= 11 is 0. The lowest BCUT2D eigenvalue weighted by Gasteiger charge is -1.99. The van der Waals surface area contributed by atoms with Gasteiger partial charge in [0, 0.05) is 11.1 Å². The summed E-state index contributed by atoms with van der Waals surface area (Å²) < 4.78 is 5.45. The first kappa shape index (κ1) is 13.1. The Morgan fingerprint density at radius 1 is 1.19 bits per heavy atom. The Kier molecular flexibility index (Phi) is 3.28. The molecule has 4 heteroatoms. The minimum absolute atomic E-state index is 0.427. The van der Waals surface area contributed by atoms with E-state index in [9.17, 15) is 4.79 Å². The van der Waals surface area contributed by atoms with Gasteiger partial charge in [0.05, 0.1) is 5.39 Å². The standard InChI is InChI=1S/C17H14N2O2/c1-11(17(18)20)9-12-7-8-15-14(10-12)16(21-19-15)13-5-3-2-4-6-13/h2-10H,1H3,(H2,18,20)/b11-9+. The van der Waals surface area contributed by atoms with Crippen LogP contribution in [0.4, 0.5) is 0 Å². The van der Waals surface area contributed by atoms with Crippen LogP contribution in [0.25, 0.3) is 28.3 Å². The van der Waals surface area contributed by atoms with E-state index in [0.29, 0.717) is 5.57 Å². The fourth-order valence-electron chi connectivity index (χ4n) is 2.17. The predicted octanol–water partition coefficient (Wildman–Crippen LogP) is 3.38. The minimum atomic E-state index is -0.427. The molecule has 0 unspecified atom stereocenters. The SMILES string of the molecule is C/C(=C\c1ccc2noc(-c3ccccc3)c2c1)C(N)=O. The van der Waals surface area contributed by atoms with Crippen LogP contribution in [0.5, 0.6) is 0 Å². The molecule has 0 saturated carbocycles. The number of nitrogens with two attached hydrogens (primary N) is 1. The molecule has 4 nitrogen and oxygen atoms in total. The van der Waals surface area contributed by atoms with E-state index in [4.69, 9.17) is 10.3 Å². The van der Waals surface area contributed by atoms with Crippen LogP contribution in [0.2, 0.25) is 0 Å². The second-order valence-corrected chi connectivity index (χ2v) is 4.85. The largest absolute Gasteiger partial charge is 0.366 e. The van der Waals surface area contributed by atoms with E-state index in [-0.39, 0.29) is 0 Å². The minimum Gasteiger partial charge on any atom is -0.366 e. The number of amides is 1. The van der Waals surface area contributed by atoms with Crippen LogP contribution in [0.1, 0.15) is 12.5 Å². The van der Waals surface area contributed by atoms with E-state index in [2.05, 4.69) is 5.16 Å². The smallest absolute Gasteiger partial charge is 0.244 e. The number of aromatic nitrogens is 1. The Bertz CT molecular complexity index is 832. The second kappa shape index (κ2) is 5.25. The number of rotatable bonds is 3. The van der Waals surface area contributed by atoms with E-state index < -0.39 is 5.91 Å². The van der Waals surface area contributed by atoms with Crippen molar-refractivity contribution < 1.29 is 9.32 Å². The molecular formula is C17H14N2O2. The summed E-state index contributed by atoms with van der Waals surface area (Å²) in [6.07, 6.45) is 1.75. The van der Waals surface area contributed by atoms with Crippen LogP contribution in [-0.4, -0.2) is 11.1 Å². The zero-order valence-corrected chi connectivity index (χ0v) is 11.5. The average Bonchev–Trinajstić information content (AvgIpc) is 2.91. The average molecular weight is 278 g/mol. The lowest BCUT2D eigenvalue weighted by molar-refractivity contribution is -0.114.